The van der Waals surface area contributed by atoms with Gasteiger partial charge in [-0.2, -0.15) is 0 Å². The van der Waals surface area contributed by atoms with E-state index in [4.69, 9.17) is 19.9 Å². The van der Waals surface area contributed by atoms with E-state index < -0.39 is 0 Å². The van der Waals surface area contributed by atoms with Crippen molar-refractivity contribution in [2.24, 2.45) is 0 Å². The van der Waals surface area contributed by atoms with Gasteiger partial charge in [-0.3, -0.25) is 4.79 Å². The van der Waals surface area contributed by atoms with Gasteiger partial charge in [-0.15, -0.1) is 0 Å². The van der Waals surface area contributed by atoms with E-state index in [1.807, 2.05) is 6.92 Å². The molecule has 0 atom stereocenters. The Kier molecular flexibility index (Phi) is 8.23. The lowest BCUT2D eigenvalue weighted by molar-refractivity contribution is 0.0643. The first-order valence-electron chi connectivity index (χ1n) is 7.06. The van der Waals surface area contributed by atoms with Crippen molar-refractivity contribution >= 4 is 11.6 Å². The van der Waals surface area contributed by atoms with Crippen LogP contribution in [0, 0.1) is 0 Å². The second-order valence-electron chi connectivity index (χ2n) is 4.42. The van der Waals surface area contributed by atoms with E-state index in [2.05, 4.69) is 5.32 Å². The van der Waals surface area contributed by atoms with Gasteiger partial charge in [-0.1, -0.05) is 0 Å². The number of rotatable bonds is 10. The van der Waals surface area contributed by atoms with Crippen molar-refractivity contribution < 1.29 is 19.0 Å². The van der Waals surface area contributed by atoms with Crippen LogP contribution in [0.2, 0.25) is 0 Å². The molecule has 0 spiro atoms. The fraction of sp³-hybridized carbons (Fsp3) is 0.533. The summed E-state index contributed by atoms with van der Waals surface area (Å²) in [6.07, 6.45) is 0.730. The number of nitrogen functional groups attached to an aromatic ring is 1. The SMILES string of the molecule is CCNC(=O)c1ccc(N)cc1OCCCOCCOC. The van der Waals surface area contributed by atoms with Gasteiger partial charge in [0.2, 0.25) is 0 Å². The van der Waals surface area contributed by atoms with Crippen molar-refractivity contribution in [3.8, 4) is 5.75 Å². The summed E-state index contributed by atoms with van der Waals surface area (Å²) in [5.41, 5.74) is 6.79. The van der Waals surface area contributed by atoms with Crippen molar-refractivity contribution in [1.82, 2.24) is 5.32 Å². The zero-order valence-electron chi connectivity index (χ0n) is 12.7. The molecule has 0 radical (unpaired) electrons. The first-order chi connectivity index (χ1) is 10.2. The molecule has 0 fully saturated rings. The quantitative estimate of drug-likeness (QED) is 0.504. The van der Waals surface area contributed by atoms with Crippen molar-refractivity contribution in [2.45, 2.75) is 13.3 Å². The largest absolute Gasteiger partial charge is 0.493 e. The molecular formula is C15H24N2O4. The second kappa shape index (κ2) is 10.0. The van der Waals surface area contributed by atoms with Crippen LogP contribution in [0.15, 0.2) is 18.2 Å². The summed E-state index contributed by atoms with van der Waals surface area (Å²) in [4.78, 5) is 11.9. The van der Waals surface area contributed by atoms with Crippen LogP contribution < -0.4 is 15.8 Å². The molecule has 6 nitrogen and oxygen atoms in total. The molecular weight excluding hydrogens is 272 g/mol. The van der Waals surface area contributed by atoms with E-state index in [9.17, 15) is 4.79 Å². The Bertz CT molecular complexity index is 438. The predicted molar refractivity (Wildman–Crippen MR) is 81.7 cm³/mol. The minimum Gasteiger partial charge on any atom is -0.493 e. The van der Waals surface area contributed by atoms with Gasteiger partial charge >= 0.3 is 0 Å². The lowest BCUT2D eigenvalue weighted by Gasteiger charge is -2.12. The van der Waals surface area contributed by atoms with Crippen molar-refractivity contribution in [1.29, 1.82) is 0 Å². The van der Waals surface area contributed by atoms with Gasteiger partial charge in [-0.05, 0) is 19.1 Å². The predicted octanol–water partition coefficient (Wildman–Crippen LogP) is 1.45. The molecule has 1 amide bonds. The number of nitrogens with one attached hydrogen (secondary N) is 1. The van der Waals surface area contributed by atoms with Gasteiger partial charge < -0.3 is 25.3 Å². The second-order valence-corrected chi connectivity index (χ2v) is 4.42. The number of ether oxygens (including phenoxy) is 3. The number of amides is 1. The molecule has 0 aliphatic carbocycles. The molecule has 118 valence electrons. The van der Waals surface area contributed by atoms with E-state index >= 15 is 0 Å². The molecule has 6 heteroatoms. The Labute approximate surface area is 125 Å². The fourth-order valence-corrected chi connectivity index (χ4v) is 1.69. The number of methoxy groups -OCH3 is 1. The minimum absolute atomic E-state index is 0.163. The standard InChI is InChI=1S/C15H24N2O4/c1-3-17-15(18)13-6-5-12(16)11-14(13)21-8-4-7-20-10-9-19-2/h5-6,11H,3-4,7-10,16H2,1-2H3,(H,17,18). The number of benzene rings is 1. The maximum Gasteiger partial charge on any atom is 0.255 e. The van der Waals surface area contributed by atoms with E-state index in [1.54, 1.807) is 25.3 Å². The Morgan fingerprint density at radius 2 is 2.05 bits per heavy atom. The van der Waals surface area contributed by atoms with Gasteiger partial charge in [0.15, 0.2) is 0 Å². The minimum atomic E-state index is -0.163. The molecule has 0 aliphatic rings. The molecule has 0 aliphatic heterocycles. The van der Waals surface area contributed by atoms with Gasteiger partial charge in [0, 0.05) is 38.4 Å². The number of anilines is 1. The molecule has 1 rings (SSSR count). The highest BCUT2D eigenvalue weighted by molar-refractivity contribution is 5.97. The van der Waals surface area contributed by atoms with E-state index in [-0.39, 0.29) is 5.91 Å². The monoisotopic (exact) mass is 296 g/mol. The average Bonchev–Trinajstić information content (AvgIpc) is 2.46. The summed E-state index contributed by atoms with van der Waals surface area (Å²) in [5.74, 6) is 0.335. The first-order valence-corrected chi connectivity index (χ1v) is 7.06. The van der Waals surface area contributed by atoms with E-state index in [1.165, 1.54) is 0 Å². The lowest BCUT2D eigenvalue weighted by atomic mass is 10.1. The third kappa shape index (κ3) is 6.46. The fourth-order valence-electron chi connectivity index (χ4n) is 1.69. The Morgan fingerprint density at radius 3 is 2.76 bits per heavy atom. The highest BCUT2D eigenvalue weighted by Gasteiger charge is 2.12. The molecule has 1 aromatic rings. The van der Waals surface area contributed by atoms with Crippen molar-refractivity contribution in [3.63, 3.8) is 0 Å². The Balaban J connectivity index is 2.45. The molecule has 0 unspecified atom stereocenters. The molecule has 0 saturated heterocycles. The summed E-state index contributed by atoms with van der Waals surface area (Å²) in [5, 5.41) is 2.75. The van der Waals surface area contributed by atoms with Crippen LogP contribution >= 0.6 is 0 Å². The summed E-state index contributed by atoms with van der Waals surface area (Å²) >= 11 is 0. The first kappa shape index (κ1) is 17.3. The third-order valence-corrected chi connectivity index (χ3v) is 2.71. The molecule has 0 saturated carbocycles. The molecule has 3 N–H and O–H groups in total. The topological polar surface area (TPSA) is 82.8 Å². The van der Waals surface area contributed by atoms with Crippen LogP contribution in [-0.4, -0.2) is 46.0 Å². The zero-order chi connectivity index (χ0) is 15.5. The van der Waals surface area contributed by atoms with Crippen LogP contribution in [0.5, 0.6) is 5.75 Å². The number of hydrogen-bond donors (Lipinski definition) is 2. The number of carbonyl (C=O) groups is 1. The van der Waals surface area contributed by atoms with Gasteiger partial charge in [-0.25, -0.2) is 0 Å². The highest BCUT2D eigenvalue weighted by atomic mass is 16.5. The molecule has 0 heterocycles. The normalized spacial score (nSPS) is 10.4. The average molecular weight is 296 g/mol. The molecule has 0 bridgehead atoms. The van der Waals surface area contributed by atoms with Crippen LogP contribution in [0.1, 0.15) is 23.7 Å². The maximum atomic E-state index is 11.9. The summed E-state index contributed by atoms with van der Waals surface area (Å²) in [7, 11) is 1.63. The van der Waals surface area contributed by atoms with Crippen molar-refractivity contribution in [3.05, 3.63) is 23.8 Å². The summed E-state index contributed by atoms with van der Waals surface area (Å²) in [6, 6.07) is 5.02. The van der Waals surface area contributed by atoms with Gasteiger partial charge in [0.1, 0.15) is 5.75 Å². The zero-order valence-corrected chi connectivity index (χ0v) is 12.7. The lowest BCUT2D eigenvalue weighted by Crippen LogP contribution is -2.23. The highest BCUT2D eigenvalue weighted by Crippen LogP contribution is 2.22. The van der Waals surface area contributed by atoms with Gasteiger partial charge in [0.05, 0.1) is 25.4 Å². The van der Waals surface area contributed by atoms with Crippen LogP contribution in [0.4, 0.5) is 5.69 Å². The van der Waals surface area contributed by atoms with Crippen LogP contribution in [0.3, 0.4) is 0 Å². The number of carbonyl (C=O) groups excluding carboxylic acids is 1. The Morgan fingerprint density at radius 1 is 1.24 bits per heavy atom. The molecule has 0 aromatic heterocycles. The smallest absolute Gasteiger partial charge is 0.255 e. The summed E-state index contributed by atoms with van der Waals surface area (Å²) in [6.45, 7) is 4.63. The van der Waals surface area contributed by atoms with Crippen LogP contribution in [-0.2, 0) is 9.47 Å². The molecule has 1 aromatic carbocycles. The molecule has 21 heavy (non-hydrogen) atoms. The van der Waals surface area contributed by atoms with Gasteiger partial charge in [0.25, 0.3) is 5.91 Å². The van der Waals surface area contributed by atoms with E-state index in [0.717, 1.165) is 6.42 Å². The van der Waals surface area contributed by atoms with E-state index in [0.29, 0.717) is 50.0 Å². The Hall–Kier alpha value is -1.79. The maximum absolute atomic E-state index is 11.9. The summed E-state index contributed by atoms with van der Waals surface area (Å²) < 4.78 is 15.9. The van der Waals surface area contributed by atoms with Crippen LogP contribution in [0.25, 0.3) is 0 Å². The number of nitrogens with two attached hydrogens (primary N) is 1. The third-order valence-electron chi connectivity index (χ3n) is 2.71. The number of hydrogen-bond acceptors (Lipinski definition) is 5. The van der Waals surface area contributed by atoms with Crippen molar-refractivity contribution in [2.75, 3.05) is 45.8 Å².